The second-order valence-electron chi connectivity index (χ2n) is 7.71. The first-order chi connectivity index (χ1) is 14.6. The van der Waals surface area contributed by atoms with E-state index in [0.717, 1.165) is 54.2 Å². The van der Waals surface area contributed by atoms with Crippen LogP contribution in [0.25, 0.3) is 16.6 Å². The zero-order chi connectivity index (χ0) is 20.7. The summed E-state index contributed by atoms with van der Waals surface area (Å²) in [5.74, 6) is 2.13. The number of nitrogen functional groups attached to an aromatic ring is 1. The van der Waals surface area contributed by atoms with E-state index in [0.29, 0.717) is 18.1 Å². The molecular formula is C22H25N7O. The first kappa shape index (κ1) is 18.6. The molecule has 1 fully saturated rings. The van der Waals surface area contributed by atoms with Crippen LogP contribution in [0.2, 0.25) is 0 Å². The van der Waals surface area contributed by atoms with Crippen LogP contribution in [0.5, 0.6) is 5.75 Å². The normalized spacial score (nSPS) is 15.2. The number of nitrogens with zero attached hydrogens (tertiary/aromatic N) is 6. The van der Waals surface area contributed by atoms with Crippen molar-refractivity contribution in [1.82, 2.24) is 24.3 Å². The molecule has 4 heterocycles. The lowest BCUT2D eigenvalue weighted by atomic mass is 10.1. The molecule has 0 atom stereocenters. The number of pyridine rings is 1. The standard InChI is InChI=1S/C22H25N7O/c1-27-9-11-28(12-10-27)20-15(5-4-8-24-20)13-16-14-29-21(25-16)17-6-3-7-18(30-2)19(17)26-22(29)23/h3-8,14H,9-13H2,1-2H3,(H2,23,26). The van der Waals surface area contributed by atoms with Gasteiger partial charge in [0.2, 0.25) is 5.95 Å². The molecule has 2 N–H and O–H groups in total. The van der Waals surface area contributed by atoms with E-state index in [9.17, 15) is 0 Å². The van der Waals surface area contributed by atoms with E-state index in [4.69, 9.17) is 15.5 Å². The molecule has 5 rings (SSSR count). The van der Waals surface area contributed by atoms with Crippen molar-refractivity contribution >= 4 is 28.3 Å². The molecule has 8 nitrogen and oxygen atoms in total. The number of likely N-dealkylation sites (N-methyl/N-ethyl adjacent to an activating group) is 1. The van der Waals surface area contributed by atoms with Crippen molar-refractivity contribution in [2.45, 2.75) is 6.42 Å². The first-order valence-electron chi connectivity index (χ1n) is 10.1. The van der Waals surface area contributed by atoms with Gasteiger partial charge in [0.25, 0.3) is 0 Å². The van der Waals surface area contributed by atoms with Gasteiger partial charge in [0.05, 0.1) is 12.8 Å². The van der Waals surface area contributed by atoms with Crippen molar-refractivity contribution in [2.24, 2.45) is 0 Å². The van der Waals surface area contributed by atoms with Gasteiger partial charge < -0.3 is 20.3 Å². The molecule has 0 saturated carbocycles. The Labute approximate surface area is 174 Å². The molecule has 0 aliphatic carbocycles. The summed E-state index contributed by atoms with van der Waals surface area (Å²) in [4.78, 5) is 18.8. The van der Waals surface area contributed by atoms with Gasteiger partial charge in [-0.3, -0.25) is 4.40 Å². The van der Waals surface area contributed by atoms with Crippen molar-refractivity contribution < 1.29 is 4.74 Å². The fourth-order valence-electron chi connectivity index (χ4n) is 4.10. The molecule has 1 aliphatic rings. The second kappa shape index (κ2) is 7.46. The summed E-state index contributed by atoms with van der Waals surface area (Å²) in [6.07, 6.45) is 4.52. The van der Waals surface area contributed by atoms with Gasteiger partial charge in [0, 0.05) is 55.9 Å². The van der Waals surface area contributed by atoms with Gasteiger partial charge in [-0.25, -0.2) is 15.0 Å². The maximum Gasteiger partial charge on any atom is 0.206 e. The van der Waals surface area contributed by atoms with Crippen LogP contribution in [0, 0.1) is 0 Å². The highest BCUT2D eigenvalue weighted by atomic mass is 16.5. The quantitative estimate of drug-likeness (QED) is 0.559. The molecule has 154 valence electrons. The third-order valence-electron chi connectivity index (χ3n) is 5.73. The Bertz CT molecular complexity index is 1210. The predicted octanol–water partition coefficient (Wildman–Crippen LogP) is 2.21. The summed E-state index contributed by atoms with van der Waals surface area (Å²) in [7, 11) is 3.79. The lowest BCUT2D eigenvalue weighted by Crippen LogP contribution is -2.45. The average Bonchev–Trinajstić information content (AvgIpc) is 3.19. The molecule has 0 unspecified atom stereocenters. The summed E-state index contributed by atoms with van der Waals surface area (Å²) >= 11 is 0. The molecule has 30 heavy (non-hydrogen) atoms. The largest absolute Gasteiger partial charge is 0.494 e. The smallest absolute Gasteiger partial charge is 0.206 e. The molecule has 4 aromatic rings. The van der Waals surface area contributed by atoms with Crippen molar-refractivity contribution in [2.75, 3.05) is 51.0 Å². The summed E-state index contributed by atoms with van der Waals surface area (Å²) < 4.78 is 7.30. The van der Waals surface area contributed by atoms with E-state index >= 15 is 0 Å². The Balaban J connectivity index is 1.54. The number of ether oxygens (including phenoxy) is 1. The van der Waals surface area contributed by atoms with E-state index in [2.05, 4.69) is 32.9 Å². The van der Waals surface area contributed by atoms with Gasteiger partial charge >= 0.3 is 0 Å². The number of hydrogen-bond acceptors (Lipinski definition) is 7. The van der Waals surface area contributed by atoms with Gasteiger partial charge in [-0.15, -0.1) is 0 Å². The van der Waals surface area contributed by atoms with Crippen LogP contribution in [-0.2, 0) is 6.42 Å². The zero-order valence-electron chi connectivity index (χ0n) is 17.2. The molecule has 8 heteroatoms. The van der Waals surface area contributed by atoms with Gasteiger partial charge in [-0.1, -0.05) is 12.1 Å². The van der Waals surface area contributed by atoms with E-state index in [1.54, 1.807) is 7.11 Å². The molecule has 0 amide bonds. The van der Waals surface area contributed by atoms with Crippen molar-refractivity contribution in [3.05, 3.63) is 54.0 Å². The first-order valence-corrected chi connectivity index (χ1v) is 10.1. The van der Waals surface area contributed by atoms with Crippen LogP contribution in [0.15, 0.2) is 42.7 Å². The van der Waals surface area contributed by atoms with Crippen LogP contribution in [0.4, 0.5) is 11.8 Å². The summed E-state index contributed by atoms with van der Waals surface area (Å²) in [5, 5.41) is 0.917. The SMILES string of the molecule is COc1cccc2c1nc(N)n1cc(Cc3cccnc3N3CCN(C)CC3)nc21. The summed E-state index contributed by atoms with van der Waals surface area (Å²) in [6, 6.07) is 9.94. The molecular weight excluding hydrogens is 378 g/mol. The Kier molecular flexibility index (Phi) is 4.63. The van der Waals surface area contributed by atoms with Crippen LogP contribution in [0.3, 0.4) is 0 Å². The summed E-state index contributed by atoms with van der Waals surface area (Å²) in [6.45, 7) is 4.04. The number of methoxy groups -OCH3 is 1. The van der Waals surface area contributed by atoms with E-state index in [1.807, 2.05) is 41.1 Å². The molecule has 0 spiro atoms. The van der Waals surface area contributed by atoms with Crippen LogP contribution in [0.1, 0.15) is 11.3 Å². The molecule has 0 bridgehead atoms. The Morgan fingerprint density at radius 2 is 1.90 bits per heavy atom. The fourth-order valence-corrected chi connectivity index (χ4v) is 4.10. The number of fused-ring (bicyclic) bond motifs is 3. The fraction of sp³-hybridized carbons (Fsp3) is 0.318. The highest BCUT2D eigenvalue weighted by molar-refractivity contribution is 5.96. The molecule has 3 aromatic heterocycles. The minimum Gasteiger partial charge on any atom is -0.494 e. The minimum absolute atomic E-state index is 0.395. The Hall–Kier alpha value is -3.39. The molecule has 1 aliphatic heterocycles. The Morgan fingerprint density at radius 3 is 2.70 bits per heavy atom. The lowest BCUT2D eigenvalue weighted by molar-refractivity contribution is 0.312. The number of anilines is 2. The topological polar surface area (TPSA) is 84.8 Å². The van der Waals surface area contributed by atoms with Crippen molar-refractivity contribution in [1.29, 1.82) is 0 Å². The Morgan fingerprint density at radius 1 is 1.07 bits per heavy atom. The van der Waals surface area contributed by atoms with Crippen molar-refractivity contribution in [3.63, 3.8) is 0 Å². The van der Waals surface area contributed by atoms with Gasteiger partial charge in [0.1, 0.15) is 22.7 Å². The predicted molar refractivity (Wildman–Crippen MR) is 118 cm³/mol. The number of rotatable bonds is 4. The molecule has 1 saturated heterocycles. The monoisotopic (exact) mass is 403 g/mol. The number of hydrogen-bond donors (Lipinski definition) is 1. The van der Waals surface area contributed by atoms with Crippen LogP contribution < -0.4 is 15.4 Å². The van der Waals surface area contributed by atoms with Gasteiger partial charge in [0.15, 0.2) is 0 Å². The number of para-hydroxylation sites is 1. The van der Waals surface area contributed by atoms with Crippen LogP contribution in [-0.4, -0.2) is 64.6 Å². The number of imidazole rings is 1. The average molecular weight is 403 g/mol. The summed E-state index contributed by atoms with van der Waals surface area (Å²) in [5.41, 5.74) is 9.85. The van der Waals surface area contributed by atoms with Gasteiger partial charge in [-0.05, 0) is 25.2 Å². The highest BCUT2D eigenvalue weighted by Gasteiger charge is 2.19. The van der Waals surface area contributed by atoms with E-state index in [-0.39, 0.29) is 0 Å². The minimum atomic E-state index is 0.395. The molecule has 1 aromatic carbocycles. The molecule has 0 radical (unpaired) electrons. The maximum atomic E-state index is 6.24. The third kappa shape index (κ3) is 3.19. The lowest BCUT2D eigenvalue weighted by Gasteiger charge is -2.34. The number of nitrogens with two attached hydrogens (primary N) is 1. The number of piperazine rings is 1. The van der Waals surface area contributed by atoms with E-state index < -0.39 is 0 Å². The second-order valence-corrected chi connectivity index (χ2v) is 7.71. The number of aromatic nitrogens is 4. The van der Waals surface area contributed by atoms with Gasteiger partial charge in [-0.2, -0.15) is 0 Å². The third-order valence-corrected chi connectivity index (χ3v) is 5.73. The maximum absolute atomic E-state index is 6.24. The van der Waals surface area contributed by atoms with Crippen LogP contribution >= 0.6 is 0 Å². The van der Waals surface area contributed by atoms with E-state index in [1.165, 1.54) is 5.56 Å². The number of benzene rings is 1. The zero-order valence-corrected chi connectivity index (χ0v) is 17.2. The van der Waals surface area contributed by atoms with Crippen molar-refractivity contribution in [3.8, 4) is 5.75 Å². The highest BCUT2D eigenvalue weighted by Crippen LogP contribution is 2.29.